The van der Waals surface area contributed by atoms with Gasteiger partial charge in [0, 0.05) is 10.9 Å². The monoisotopic (exact) mass is 302 g/mol. The molecule has 3 aromatic carbocycles. The molecule has 0 aliphatic carbocycles. The van der Waals surface area contributed by atoms with E-state index in [0.29, 0.717) is 16.7 Å². The summed E-state index contributed by atoms with van der Waals surface area (Å²) in [6, 6.07) is 19.6. The Bertz CT molecular complexity index is 748. The molecule has 3 aromatic rings. The Balaban J connectivity index is 2.10. The molecule has 0 unspecified atom stereocenters. The first-order valence-corrected chi connectivity index (χ1v) is 7.20. The Kier molecular flexibility index (Phi) is 3.81. The molecular weight excluding hydrogens is 291 g/mol. The third-order valence-corrected chi connectivity index (χ3v) is 3.74. The van der Waals surface area contributed by atoms with Crippen LogP contribution in [0.2, 0.25) is 5.02 Å². The van der Waals surface area contributed by atoms with E-state index in [9.17, 15) is 0 Å². The number of para-hydroxylation sites is 1. The third-order valence-electron chi connectivity index (χ3n) is 3.15. The fourth-order valence-electron chi connectivity index (χ4n) is 2.17. The van der Waals surface area contributed by atoms with E-state index < -0.39 is 0 Å². The summed E-state index contributed by atoms with van der Waals surface area (Å²) < 4.78 is 6.03. The van der Waals surface area contributed by atoms with Crippen LogP contribution in [0.4, 0.5) is 0 Å². The molecule has 3 heteroatoms. The minimum Gasteiger partial charge on any atom is -0.455 e. The molecule has 0 spiro atoms. The smallest absolute Gasteiger partial charge is 0.150 e. The molecule has 0 fully saturated rings. The van der Waals surface area contributed by atoms with Gasteiger partial charge in [0.2, 0.25) is 0 Å². The van der Waals surface area contributed by atoms with E-state index in [0.717, 1.165) is 22.1 Å². The van der Waals surface area contributed by atoms with Crippen LogP contribution in [0.15, 0.2) is 60.7 Å². The minimum atomic E-state index is 0.362. The van der Waals surface area contributed by atoms with Crippen molar-refractivity contribution in [2.24, 2.45) is 0 Å². The lowest BCUT2D eigenvalue weighted by Gasteiger charge is -2.13. The van der Waals surface area contributed by atoms with E-state index >= 15 is 0 Å². The summed E-state index contributed by atoms with van der Waals surface area (Å²) >= 11 is 12.2. The molecule has 3 rings (SSSR count). The first-order valence-electron chi connectivity index (χ1n) is 6.28. The van der Waals surface area contributed by atoms with Crippen molar-refractivity contribution < 1.29 is 4.74 Å². The van der Waals surface area contributed by atoms with Gasteiger partial charge in [-0.3, -0.25) is 0 Å². The van der Waals surface area contributed by atoms with Gasteiger partial charge in [-0.25, -0.2) is 0 Å². The van der Waals surface area contributed by atoms with Gasteiger partial charge >= 0.3 is 0 Å². The van der Waals surface area contributed by atoms with Gasteiger partial charge in [0.05, 0.1) is 10.9 Å². The second-order valence-electron chi connectivity index (χ2n) is 4.44. The summed E-state index contributed by atoms with van der Waals surface area (Å²) in [5.41, 5.74) is 0.882. The predicted molar refractivity (Wildman–Crippen MR) is 85.0 cm³/mol. The van der Waals surface area contributed by atoms with Crippen molar-refractivity contribution in [3.63, 3.8) is 0 Å². The van der Waals surface area contributed by atoms with Crippen molar-refractivity contribution >= 4 is 34.0 Å². The lowest BCUT2D eigenvalue weighted by molar-refractivity contribution is 0.484. The normalized spacial score (nSPS) is 10.7. The number of alkyl halides is 1. The van der Waals surface area contributed by atoms with Crippen LogP contribution in [0.5, 0.6) is 11.5 Å². The zero-order valence-corrected chi connectivity index (χ0v) is 12.2. The number of rotatable bonds is 3. The molecule has 0 bridgehead atoms. The molecular formula is C17H12Cl2O. The Labute approximate surface area is 127 Å². The van der Waals surface area contributed by atoms with Crippen LogP contribution in [-0.2, 0) is 5.88 Å². The molecule has 0 atom stereocenters. The zero-order chi connectivity index (χ0) is 13.9. The average molecular weight is 303 g/mol. The standard InChI is InChI=1S/C17H12Cl2O/c18-11-13-7-3-9-15(19)17(13)20-16-10-4-6-12-5-1-2-8-14(12)16/h1-10H,11H2. The lowest BCUT2D eigenvalue weighted by atomic mass is 10.1. The second kappa shape index (κ2) is 5.74. The van der Waals surface area contributed by atoms with Crippen LogP contribution >= 0.6 is 23.2 Å². The number of halogens is 2. The number of hydrogen-bond donors (Lipinski definition) is 0. The molecule has 0 aliphatic heterocycles. The van der Waals surface area contributed by atoms with E-state index in [1.165, 1.54) is 0 Å². The summed E-state index contributed by atoms with van der Waals surface area (Å²) in [7, 11) is 0. The van der Waals surface area contributed by atoms with Crippen molar-refractivity contribution in [3.05, 3.63) is 71.2 Å². The highest BCUT2D eigenvalue weighted by molar-refractivity contribution is 6.32. The summed E-state index contributed by atoms with van der Waals surface area (Å²) in [5, 5.41) is 2.75. The topological polar surface area (TPSA) is 9.23 Å². The highest BCUT2D eigenvalue weighted by Crippen LogP contribution is 2.36. The molecule has 0 amide bonds. The third kappa shape index (κ3) is 2.47. The first kappa shape index (κ1) is 13.3. The molecule has 20 heavy (non-hydrogen) atoms. The molecule has 0 saturated heterocycles. The fraction of sp³-hybridized carbons (Fsp3) is 0.0588. The van der Waals surface area contributed by atoms with Gasteiger partial charge in [-0.05, 0) is 17.5 Å². The SMILES string of the molecule is ClCc1cccc(Cl)c1Oc1cccc2ccccc12. The second-order valence-corrected chi connectivity index (χ2v) is 5.12. The summed E-state index contributed by atoms with van der Waals surface area (Å²) in [6.07, 6.45) is 0. The van der Waals surface area contributed by atoms with Gasteiger partial charge in [0.15, 0.2) is 0 Å². The van der Waals surface area contributed by atoms with Gasteiger partial charge in [0.1, 0.15) is 11.5 Å². The van der Waals surface area contributed by atoms with Crippen molar-refractivity contribution in [1.29, 1.82) is 0 Å². The first-order chi connectivity index (χ1) is 9.79. The molecule has 0 heterocycles. The van der Waals surface area contributed by atoms with Crippen LogP contribution in [0.3, 0.4) is 0 Å². The van der Waals surface area contributed by atoms with Gasteiger partial charge in [0.25, 0.3) is 0 Å². The summed E-state index contributed by atoms with van der Waals surface area (Å²) in [5.74, 6) is 1.77. The molecule has 0 N–H and O–H groups in total. The summed E-state index contributed by atoms with van der Waals surface area (Å²) in [6.45, 7) is 0. The number of ether oxygens (including phenoxy) is 1. The molecule has 0 radical (unpaired) electrons. The molecule has 0 aromatic heterocycles. The Morgan fingerprint density at radius 3 is 2.45 bits per heavy atom. The molecule has 100 valence electrons. The lowest BCUT2D eigenvalue weighted by Crippen LogP contribution is -1.91. The van der Waals surface area contributed by atoms with Gasteiger partial charge in [-0.2, -0.15) is 0 Å². The van der Waals surface area contributed by atoms with Crippen LogP contribution in [0, 0.1) is 0 Å². The van der Waals surface area contributed by atoms with E-state index in [1.807, 2.05) is 42.5 Å². The van der Waals surface area contributed by atoms with Crippen LogP contribution in [0.25, 0.3) is 10.8 Å². The average Bonchev–Trinajstić information content (AvgIpc) is 2.49. The Hall–Kier alpha value is -1.70. The largest absolute Gasteiger partial charge is 0.455 e. The number of hydrogen-bond acceptors (Lipinski definition) is 1. The van der Waals surface area contributed by atoms with Crippen molar-refractivity contribution in [1.82, 2.24) is 0 Å². The van der Waals surface area contributed by atoms with E-state index in [-0.39, 0.29) is 0 Å². The number of benzene rings is 3. The fourth-order valence-corrected chi connectivity index (χ4v) is 2.61. The molecule has 0 saturated carbocycles. The van der Waals surface area contributed by atoms with E-state index in [1.54, 1.807) is 6.07 Å². The van der Waals surface area contributed by atoms with Gasteiger partial charge < -0.3 is 4.74 Å². The van der Waals surface area contributed by atoms with Crippen LogP contribution in [0.1, 0.15) is 5.56 Å². The zero-order valence-electron chi connectivity index (χ0n) is 10.6. The van der Waals surface area contributed by atoms with E-state index in [4.69, 9.17) is 27.9 Å². The maximum absolute atomic E-state index is 6.23. The highest BCUT2D eigenvalue weighted by atomic mass is 35.5. The van der Waals surface area contributed by atoms with Crippen molar-refractivity contribution in [3.8, 4) is 11.5 Å². The highest BCUT2D eigenvalue weighted by Gasteiger charge is 2.10. The van der Waals surface area contributed by atoms with Gasteiger partial charge in [-0.1, -0.05) is 60.1 Å². The predicted octanol–water partition coefficient (Wildman–Crippen LogP) is 6.02. The van der Waals surface area contributed by atoms with Gasteiger partial charge in [-0.15, -0.1) is 11.6 Å². The summed E-state index contributed by atoms with van der Waals surface area (Å²) in [4.78, 5) is 0. The van der Waals surface area contributed by atoms with Crippen LogP contribution in [-0.4, -0.2) is 0 Å². The quantitative estimate of drug-likeness (QED) is 0.537. The maximum Gasteiger partial charge on any atom is 0.150 e. The molecule has 1 nitrogen and oxygen atoms in total. The number of fused-ring (bicyclic) bond motifs is 1. The Morgan fingerprint density at radius 2 is 1.60 bits per heavy atom. The Morgan fingerprint density at radius 1 is 0.850 bits per heavy atom. The minimum absolute atomic E-state index is 0.362. The maximum atomic E-state index is 6.23. The van der Waals surface area contributed by atoms with E-state index in [2.05, 4.69) is 12.1 Å². The van der Waals surface area contributed by atoms with Crippen LogP contribution < -0.4 is 4.74 Å². The molecule has 0 aliphatic rings. The van der Waals surface area contributed by atoms with Crippen molar-refractivity contribution in [2.45, 2.75) is 5.88 Å². The van der Waals surface area contributed by atoms with Crippen molar-refractivity contribution in [2.75, 3.05) is 0 Å².